The van der Waals surface area contributed by atoms with E-state index in [1.165, 1.54) is 5.56 Å². The molecule has 0 spiro atoms. The van der Waals surface area contributed by atoms with Crippen LogP contribution in [0.25, 0.3) is 0 Å². The Labute approximate surface area is 96.0 Å². The van der Waals surface area contributed by atoms with Crippen molar-refractivity contribution in [3.63, 3.8) is 0 Å². The van der Waals surface area contributed by atoms with Crippen molar-refractivity contribution in [1.82, 2.24) is 5.32 Å². The van der Waals surface area contributed by atoms with Gasteiger partial charge in [-0.25, -0.2) is 0 Å². The summed E-state index contributed by atoms with van der Waals surface area (Å²) in [5.41, 5.74) is 1.22. The van der Waals surface area contributed by atoms with Crippen LogP contribution in [0.15, 0.2) is 24.3 Å². The van der Waals surface area contributed by atoms with E-state index in [4.69, 9.17) is 10.00 Å². The minimum atomic E-state index is 0.399. The molecule has 0 aliphatic carbocycles. The SMILES string of the molecule is COc1ccccc1[C@H]1CNC[C@H]1CC#N. The molecule has 2 rings (SSSR count). The number of ether oxygens (including phenoxy) is 1. The molecular weight excluding hydrogens is 200 g/mol. The van der Waals surface area contributed by atoms with Crippen LogP contribution in [-0.4, -0.2) is 20.2 Å². The summed E-state index contributed by atoms with van der Waals surface area (Å²) in [5.74, 6) is 1.73. The van der Waals surface area contributed by atoms with Gasteiger partial charge in [0.15, 0.2) is 0 Å². The number of nitrogens with zero attached hydrogens (tertiary/aromatic N) is 1. The predicted molar refractivity (Wildman–Crippen MR) is 62.3 cm³/mol. The molecule has 1 N–H and O–H groups in total. The molecule has 0 bridgehead atoms. The van der Waals surface area contributed by atoms with Gasteiger partial charge in [0.1, 0.15) is 5.75 Å². The van der Waals surface area contributed by atoms with Crippen molar-refractivity contribution in [2.45, 2.75) is 12.3 Å². The molecule has 2 atom stereocenters. The summed E-state index contributed by atoms with van der Waals surface area (Å²) >= 11 is 0. The zero-order valence-corrected chi connectivity index (χ0v) is 9.44. The van der Waals surface area contributed by atoms with Crippen LogP contribution in [0.5, 0.6) is 5.75 Å². The standard InChI is InChI=1S/C13H16N2O/c1-16-13-5-3-2-4-11(13)12-9-15-8-10(12)6-7-14/h2-5,10,12,15H,6,8-9H2,1H3/t10-,12+/m1/s1. The topological polar surface area (TPSA) is 45.0 Å². The quantitative estimate of drug-likeness (QED) is 0.839. The Morgan fingerprint density at radius 2 is 2.25 bits per heavy atom. The molecule has 0 unspecified atom stereocenters. The van der Waals surface area contributed by atoms with Crippen molar-refractivity contribution >= 4 is 0 Å². The number of nitrogens with one attached hydrogen (secondary N) is 1. The molecule has 3 heteroatoms. The van der Waals surface area contributed by atoms with E-state index in [2.05, 4.69) is 17.5 Å². The van der Waals surface area contributed by atoms with Crippen molar-refractivity contribution in [2.75, 3.05) is 20.2 Å². The lowest BCUT2D eigenvalue weighted by Gasteiger charge is -2.18. The van der Waals surface area contributed by atoms with E-state index in [9.17, 15) is 0 Å². The molecule has 1 aliphatic heterocycles. The maximum atomic E-state index is 8.81. The third-order valence-corrected chi connectivity index (χ3v) is 3.23. The number of hydrogen-bond donors (Lipinski definition) is 1. The van der Waals surface area contributed by atoms with Crippen LogP contribution < -0.4 is 10.1 Å². The van der Waals surface area contributed by atoms with Crippen molar-refractivity contribution in [3.05, 3.63) is 29.8 Å². The fourth-order valence-electron chi connectivity index (χ4n) is 2.40. The summed E-state index contributed by atoms with van der Waals surface area (Å²) in [5, 5.41) is 12.2. The molecule has 1 aliphatic rings. The summed E-state index contributed by atoms with van der Waals surface area (Å²) in [6, 6.07) is 10.4. The van der Waals surface area contributed by atoms with Gasteiger partial charge in [-0.3, -0.25) is 0 Å². The molecule has 0 saturated carbocycles. The van der Waals surface area contributed by atoms with Gasteiger partial charge in [-0.05, 0) is 24.1 Å². The molecule has 1 aromatic carbocycles. The Bertz CT molecular complexity index is 397. The summed E-state index contributed by atoms with van der Waals surface area (Å²) in [6.07, 6.45) is 0.607. The Balaban J connectivity index is 2.26. The van der Waals surface area contributed by atoms with Crippen molar-refractivity contribution in [1.29, 1.82) is 5.26 Å². The van der Waals surface area contributed by atoms with E-state index in [-0.39, 0.29) is 0 Å². The van der Waals surface area contributed by atoms with Crippen LogP contribution in [0.4, 0.5) is 0 Å². The molecule has 1 fully saturated rings. The molecular formula is C13H16N2O. The van der Waals surface area contributed by atoms with Gasteiger partial charge in [0.2, 0.25) is 0 Å². The first kappa shape index (κ1) is 11.0. The highest BCUT2D eigenvalue weighted by atomic mass is 16.5. The van der Waals surface area contributed by atoms with Gasteiger partial charge in [0.05, 0.1) is 13.2 Å². The molecule has 16 heavy (non-hydrogen) atoms. The Morgan fingerprint density at radius 3 is 3.00 bits per heavy atom. The second-order valence-electron chi connectivity index (χ2n) is 4.13. The smallest absolute Gasteiger partial charge is 0.122 e. The minimum absolute atomic E-state index is 0.399. The number of benzene rings is 1. The molecule has 0 amide bonds. The van der Waals surface area contributed by atoms with E-state index in [0.717, 1.165) is 18.8 Å². The fourth-order valence-corrected chi connectivity index (χ4v) is 2.40. The van der Waals surface area contributed by atoms with Crippen molar-refractivity contribution in [2.24, 2.45) is 5.92 Å². The summed E-state index contributed by atoms with van der Waals surface area (Å²) < 4.78 is 5.37. The van der Waals surface area contributed by atoms with Crippen LogP contribution in [0.3, 0.4) is 0 Å². The minimum Gasteiger partial charge on any atom is -0.496 e. The molecule has 0 radical (unpaired) electrons. The number of methoxy groups -OCH3 is 1. The first-order valence-corrected chi connectivity index (χ1v) is 5.57. The molecule has 1 aromatic rings. The van der Waals surface area contributed by atoms with Gasteiger partial charge in [-0.15, -0.1) is 0 Å². The fraction of sp³-hybridized carbons (Fsp3) is 0.462. The summed E-state index contributed by atoms with van der Waals surface area (Å²) in [4.78, 5) is 0. The Kier molecular flexibility index (Phi) is 3.43. The van der Waals surface area contributed by atoms with Gasteiger partial charge in [-0.1, -0.05) is 18.2 Å². The van der Waals surface area contributed by atoms with Crippen LogP contribution in [0.2, 0.25) is 0 Å². The Morgan fingerprint density at radius 1 is 1.44 bits per heavy atom. The summed E-state index contributed by atoms with van der Waals surface area (Å²) in [7, 11) is 1.69. The third kappa shape index (κ3) is 2.02. The average Bonchev–Trinajstić information content (AvgIpc) is 2.77. The van der Waals surface area contributed by atoms with E-state index >= 15 is 0 Å². The van der Waals surface area contributed by atoms with Gasteiger partial charge in [-0.2, -0.15) is 5.26 Å². The lowest BCUT2D eigenvalue weighted by Crippen LogP contribution is -2.11. The van der Waals surface area contributed by atoms with E-state index < -0.39 is 0 Å². The highest BCUT2D eigenvalue weighted by molar-refractivity contribution is 5.37. The highest BCUT2D eigenvalue weighted by Crippen LogP contribution is 2.35. The van der Waals surface area contributed by atoms with E-state index in [1.54, 1.807) is 7.11 Å². The second kappa shape index (κ2) is 5.00. The summed E-state index contributed by atoms with van der Waals surface area (Å²) in [6.45, 7) is 1.86. The third-order valence-electron chi connectivity index (χ3n) is 3.23. The first-order chi connectivity index (χ1) is 7.86. The molecule has 1 heterocycles. The van der Waals surface area contributed by atoms with Crippen LogP contribution >= 0.6 is 0 Å². The van der Waals surface area contributed by atoms with Crippen LogP contribution in [0, 0.1) is 17.2 Å². The predicted octanol–water partition coefficient (Wildman–Crippen LogP) is 1.91. The van der Waals surface area contributed by atoms with Gasteiger partial charge in [0, 0.05) is 18.9 Å². The monoisotopic (exact) mass is 216 g/mol. The lowest BCUT2D eigenvalue weighted by molar-refractivity contribution is 0.399. The normalized spacial score (nSPS) is 24.0. The van der Waals surface area contributed by atoms with Gasteiger partial charge < -0.3 is 10.1 Å². The largest absolute Gasteiger partial charge is 0.496 e. The van der Waals surface area contributed by atoms with Crippen LogP contribution in [-0.2, 0) is 0 Å². The van der Waals surface area contributed by atoms with Crippen molar-refractivity contribution < 1.29 is 4.74 Å². The number of para-hydroxylation sites is 1. The second-order valence-corrected chi connectivity index (χ2v) is 4.13. The van der Waals surface area contributed by atoms with E-state index in [0.29, 0.717) is 18.3 Å². The lowest BCUT2D eigenvalue weighted by atomic mass is 9.86. The maximum Gasteiger partial charge on any atom is 0.122 e. The zero-order valence-electron chi connectivity index (χ0n) is 9.44. The number of hydrogen-bond acceptors (Lipinski definition) is 3. The number of nitriles is 1. The average molecular weight is 216 g/mol. The van der Waals surface area contributed by atoms with Gasteiger partial charge >= 0.3 is 0 Å². The molecule has 0 aromatic heterocycles. The van der Waals surface area contributed by atoms with Crippen molar-refractivity contribution in [3.8, 4) is 11.8 Å². The molecule has 84 valence electrons. The molecule has 1 saturated heterocycles. The number of rotatable bonds is 3. The maximum absolute atomic E-state index is 8.81. The van der Waals surface area contributed by atoms with E-state index in [1.807, 2.05) is 18.2 Å². The van der Waals surface area contributed by atoms with Gasteiger partial charge in [0.25, 0.3) is 0 Å². The zero-order chi connectivity index (χ0) is 11.4. The Hall–Kier alpha value is -1.53. The highest BCUT2D eigenvalue weighted by Gasteiger charge is 2.29. The first-order valence-electron chi connectivity index (χ1n) is 5.57. The molecule has 3 nitrogen and oxygen atoms in total. The van der Waals surface area contributed by atoms with Crippen LogP contribution in [0.1, 0.15) is 17.9 Å².